The van der Waals surface area contributed by atoms with Crippen LogP contribution in [0.4, 0.5) is 0 Å². The fourth-order valence-electron chi connectivity index (χ4n) is 1.36. The van der Waals surface area contributed by atoms with E-state index in [1.54, 1.807) is 25.1 Å². The summed E-state index contributed by atoms with van der Waals surface area (Å²) in [5, 5.41) is 8.85. The molecule has 100 valence electrons. The maximum Gasteiger partial charge on any atom is 0.307 e. The van der Waals surface area contributed by atoms with Gasteiger partial charge in [-0.3, -0.25) is 4.79 Å². The van der Waals surface area contributed by atoms with E-state index < -0.39 is 21.9 Å². The topological polar surface area (TPSA) is 83.5 Å². The zero-order valence-electron chi connectivity index (χ0n) is 9.76. The van der Waals surface area contributed by atoms with Crippen molar-refractivity contribution in [3.8, 4) is 0 Å². The Labute approximate surface area is 114 Å². The van der Waals surface area contributed by atoms with Crippen LogP contribution in [0.15, 0.2) is 33.6 Å². The Kier molecular flexibility index (Phi) is 5.30. The third kappa shape index (κ3) is 3.79. The van der Waals surface area contributed by atoms with Gasteiger partial charge in [0, 0.05) is 11.0 Å². The average Bonchev–Trinajstić information content (AvgIpc) is 2.29. The van der Waals surface area contributed by atoms with Crippen LogP contribution in [-0.2, 0) is 14.8 Å². The third-order valence-corrected chi connectivity index (χ3v) is 4.92. The molecule has 1 unspecified atom stereocenters. The number of carbonyl (C=O) groups is 1. The van der Waals surface area contributed by atoms with Gasteiger partial charge in [-0.1, -0.05) is 19.1 Å². The van der Waals surface area contributed by atoms with Crippen molar-refractivity contribution >= 4 is 31.9 Å². The first-order valence-corrected chi connectivity index (χ1v) is 7.63. The van der Waals surface area contributed by atoms with E-state index in [1.807, 2.05) is 0 Å². The van der Waals surface area contributed by atoms with Crippen LogP contribution < -0.4 is 4.72 Å². The van der Waals surface area contributed by atoms with E-state index in [0.717, 1.165) is 0 Å². The van der Waals surface area contributed by atoms with Gasteiger partial charge in [0.1, 0.15) is 0 Å². The molecule has 0 heterocycles. The summed E-state index contributed by atoms with van der Waals surface area (Å²) >= 11 is 3.15. The van der Waals surface area contributed by atoms with Gasteiger partial charge in [0.25, 0.3) is 0 Å². The van der Waals surface area contributed by atoms with Gasteiger partial charge in [0.15, 0.2) is 0 Å². The maximum absolute atomic E-state index is 12.0. The number of benzene rings is 1. The molecule has 1 aromatic rings. The van der Waals surface area contributed by atoms with Gasteiger partial charge in [-0.25, -0.2) is 13.1 Å². The van der Waals surface area contributed by atoms with Crippen LogP contribution in [-0.4, -0.2) is 26.0 Å². The molecule has 0 saturated heterocycles. The van der Waals surface area contributed by atoms with E-state index in [-0.39, 0.29) is 11.4 Å². The highest BCUT2D eigenvalue weighted by Gasteiger charge is 2.21. The molecule has 0 saturated carbocycles. The monoisotopic (exact) mass is 335 g/mol. The summed E-state index contributed by atoms with van der Waals surface area (Å²) in [6.45, 7) is 1.58. The van der Waals surface area contributed by atoms with Gasteiger partial charge in [-0.15, -0.1) is 0 Å². The van der Waals surface area contributed by atoms with Crippen molar-refractivity contribution < 1.29 is 18.3 Å². The Morgan fingerprint density at radius 1 is 1.44 bits per heavy atom. The molecule has 5 nitrogen and oxygen atoms in total. The van der Waals surface area contributed by atoms with Crippen molar-refractivity contribution in [2.45, 2.75) is 18.2 Å². The highest BCUT2D eigenvalue weighted by molar-refractivity contribution is 9.10. The standard InChI is InChI=1S/C11H14BrNO4S/c1-2-8(11(14)15)7-13-18(16,17)10-6-4-3-5-9(10)12/h3-6,8,13H,2,7H2,1H3,(H,14,15). The molecule has 0 fully saturated rings. The molecule has 0 aromatic heterocycles. The molecule has 0 aliphatic carbocycles. The third-order valence-electron chi connectivity index (χ3n) is 2.49. The smallest absolute Gasteiger partial charge is 0.307 e. The lowest BCUT2D eigenvalue weighted by Gasteiger charge is -2.12. The lowest BCUT2D eigenvalue weighted by molar-refractivity contribution is -0.141. The number of nitrogens with one attached hydrogen (secondary N) is 1. The SMILES string of the molecule is CCC(CNS(=O)(=O)c1ccccc1Br)C(=O)O. The van der Waals surface area contributed by atoms with Gasteiger partial charge in [-0.05, 0) is 34.5 Å². The average molecular weight is 336 g/mol. The second kappa shape index (κ2) is 6.31. The highest BCUT2D eigenvalue weighted by Crippen LogP contribution is 2.21. The molecule has 0 aliphatic heterocycles. The van der Waals surface area contributed by atoms with E-state index >= 15 is 0 Å². The van der Waals surface area contributed by atoms with Crippen LogP contribution in [0.5, 0.6) is 0 Å². The first-order valence-electron chi connectivity index (χ1n) is 5.35. The molecular formula is C11H14BrNO4S. The number of carboxylic acid groups (broad SMARTS) is 1. The van der Waals surface area contributed by atoms with Crippen molar-refractivity contribution in [2.75, 3.05) is 6.54 Å². The number of hydrogen-bond acceptors (Lipinski definition) is 3. The van der Waals surface area contributed by atoms with Crippen LogP contribution >= 0.6 is 15.9 Å². The lowest BCUT2D eigenvalue weighted by Crippen LogP contribution is -2.32. The van der Waals surface area contributed by atoms with E-state index in [1.165, 1.54) is 6.07 Å². The molecule has 0 radical (unpaired) electrons. The molecule has 0 amide bonds. The molecule has 1 aromatic carbocycles. The van der Waals surface area contributed by atoms with E-state index in [0.29, 0.717) is 10.9 Å². The second-order valence-corrected chi connectivity index (χ2v) is 6.32. The fourth-order valence-corrected chi connectivity index (χ4v) is 3.44. The predicted molar refractivity (Wildman–Crippen MR) is 70.7 cm³/mol. The number of halogens is 1. The number of sulfonamides is 1. The number of hydrogen-bond donors (Lipinski definition) is 2. The number of rotatable bonds is 6. The van der Waals surface area contributed by atoms with Crippen molar-refractivity contribution in [1.29, 1.82) is 0 Å². The predicted octanol–water partition coefficient (Wildman–Crippen LogP) is 1.84. The van der Waals surface area contributed by atoms with Crippen molar-refractivity contribution in [3.05, 3.63) is 28.7 Å². The van der Waals surface area contributed by atoms with Crippen LogP contribution in [0.2, 0.25) is 0 Å². The molecule has 18 heavy (non-hydrogen) atoms. The molecule has 1 rings (SSSR count). The molecule has 7 heteroatoms. The van der Waals surface area contributed by atoms with Gasteiger partial charge < -0.3 is 5.11 Å². The van der Waals surface area contributed by atoms with Crippen LogP contribution in [0.1, 0.15) is 13.3 Å². The van der Waals surface area contributed by atoms with E-state index in [9.17, 15) is 13.2 Å². The van der Waals surface area contributed by atoms with Crippen LogP contribution in [0, 0.1) is 5.92 Å². The molecule has 0 bridgehead atoms. The van der Waals surface area contributed by atoms with Crippen molar-refractivity contribution in [1.82, 2.24) is 4.72 Å². The van der Waals surface area contributed by atoms with Crippen molar-refractivity contribution in [2.24, 2.45) is 5.92 Å². The Hall–Kier alpha value is -0.920. The second-order valence-electron chi connectivity index (χ2n) is 3.73. The summed E-state index contributed by atoms with van der Waals surface area (Å²) in [7, 11) is -3.69. The molecule has 1 atom stereocenters. The number of aliphatic carboxylic acids is 1. The molecule has 2 N–H and O–H groups in total. The molecule has 0 aliphatic rings. The van der Waals surface area contributed by atoms with Crippen molar-refractivity contribution in [3.63, 3.8) is 0 Å². The highest BCUT2D eigenvalue weighted by atomic mass is 79.9. The Balaban J connectivity index is 2.84. The Bertz CT molecular complexity index is 530. The summed E-state index contributed by atoms with van der Waals surface area (Å²) < 4.78 is 26.7. The zero-order chi connectivity index (χ0) is 13.8. The summed E-state index contributed by atoms with van der Waals surface area (Å²) in [6, 6.07) is 6.38. The minimum Gasteiger partial charge on any atom is -0.481 e. The normalized spacial score (nSPS) is 13.2. The zero-order valence-corrected chi connectivity index (χ0v) is 12.2. The van der Waals surface area contributed by atoms with Gasteiger partial charge in [0.2, 0.25) is 10.0 Å². The quantitative estimate of drug-likeness (QED) is 0.830. The maximum atomic E-state index is 12.0. The summed E-state index contributed by atoms with van der Waals surface area (Å²) in [4.78, 5) is 10.9. The summed E-state index contributed by atoms with van der Waals surface area (Å²) in [6.07, 6.45) is 0.369. The Morgan fingerprint density at radius 2 is 2.06 bits per heavy atom. The molecular weight excluding hydrogens is 322 g/mol. The minimum atomic E-state index is -3.69. The largest absolute Gasteiger partial charge is 0.481 e. The summed E-state index contributed by atoms with van der Waals surface area (Å²) in [5.41, 5.74) is 0. The van der Waals surface area contributed by atoms with Gasteiger partial charge in [-0.2, -0.15) is 0 Å². The van der Waals surface area contributed by atoms with Crippen LogP contribution in [0.3, 0.4) is 0 Å². The molecule has 0 spiro atoms. The van der Waals surface area contributed by atoms with Gasteiger partial charge >= 0.3 is 5.97 Å². The summed E-state index contributed by atoms with van der Waals surface area (Å²) in [5.74, 6) is -1.73. The van der Waals surface area contributed by atoms with Gasteiger partial charge in [0.05, 0.1) is 10.8 Å². The number of carboxylic acids is 1. The first-order chi connectivity index (χ1) is 8.38. The fraction of sp³-hybridized carbons (Fsp3) is 0.364. The Morgan fingerprint density at radius 3 is 2.56 bits per heavy atom. The lowest BCUT2D eigenvalue weighted by atomic mass is 10.1. The first kappa shape index (κ1) is 15.1. The van der Waals surface area contributed by atoms with E-state index in [4.69, 9.17) is 5.11 Å². The van der Waals surface area contributed by atoms with E-state index in [2.05, 4.69) is 20.7 Å². The van der Waals surface area contributed by atoms with Crippen LogP contribution in [0.25, 0.3) is 0 Å². The minimum absolute atomic E-state index is 0.102.